The zero-order valence-corrected chi connectivity index (χ0v) is 11.2. The number of rotatable bonds is 4. The fourth-order valence-corrected chi connectivity index (χ4v) is 2.78. The van der Waals surface area contributed by atoms with Gasteiger partial charge in [-0.3, -0.25) is 0 Å². The van der Waals surface area contributed by atoms with E-state index in [-0.39, 0.29) is 0 Å². The average Bonchev–Trinajstić information content (AvgIpc) is 2.92. The van der Waals surface area contributed by atoms with Crippen molar-refractivity contribution in [2.45, 2.75) is 32.3 Å². The molecule has 0 bridgehead atoms. The normalized spacial score (nSPS) is 18.7. The maximum absolute atomic E-state index is 6.02. The Kier molecular flexibility index (Phi) is 3.78. The van der Waals surface area contributed by atoms with Crippen molar-refractivity contribution in [3.05, 3.63) is 17.7 Å². The fraction of sp³-hybridized carbons (Fsp3) is 0.600. The molecular weight excluding hydrogens is 242 g/mol. The van der Waals surface area contributed by atoms with Crippen LogP contribution < -0.4 is 15.2 Å². The van der Waals surface area contributed by atoms with Crippen molar-refractivity contribution in [1.82, 2.24) is 0 Å². The molecule has 4 nitrogen and oxygen atoms in total. The standard InChI is InChI=1S/C15H21NO3/c16-13-8-15-14(18-5-6-19-15)7-12(13)10-17-9-11-3-1-2-4-11/h7-8,11H,1-6,9-10,16H2. The third-order valence-corrected chi connectivity index (χ3v) is 3.89. The molecule has 0 unspecified atom stereocenters. The van der Waals surface area contributed by atoms with Crippen LogP contribution in [0.25, 0.3) is 0 Å². The van der Waals surface area contributed by atoms with E-state index >= 15 is 0 Å². The molecule has 0 atom stereocenters. The molecule has 2 aliphatic rings. The molecule has 1 heterocycles. The zero-order chi connectivity index (χ0) is 13.1. The summed E-state index contributed by atoms with van der Waals surface area (Å²) in [4.78, 5) is 0. The summed E-state index contributed by atoms with van der Waals surface area (Å²) < 4.78 is 16.9. The van der Waals surface area contributed by atoms with E-state index in [9.17, 15) is 0 Å². The van der Waals surface area contributed by atoms with Gasteiger partial charge in [-0.15, -0.1) is 0 Å². The monoisotopic (exact) mass is 263 g/mol. The minimum Gasteiger partial charge on any atom is -0.486 e. The molecule has 0 spiro atoms. The van der Waals surface area contributed by atoms with Crippen LogP contribution in [-0.2, 0) is 11.3 Å². The van der Waals surface area contributed by atoms with Crippen molar-refractivity contribution in [2.24, 2.45) is 5.92 Å². The van der Waals surface area contributed by atoms with Crippen LogP contribution in [0, 0.1) is 5.92 Å². The number of nitrogen functional groups attached to an aromatic ring is 1. The number of fused-ring (bicyclic) bond motifs is 1. The van der Waals surface area contributed by atoms with Crippen molar-refractivity contribution in [2.75, 3.05) is 25.6 Å². The first-order valence-corrected chi connectivity index (χ1v) is 7.08. The molecule has 19 heavy (non-hydrogen) atoms. The number of hydrogen-bond donors (Lipinski definition) is 1. The largest absolute Gasteiger partial charge is 0.486 e. The van der Waals surface area contributed by atoms with E-state index < -0.39 is 0 Å². The molecular formula is C15H21NO3. The van der Waals surface area contributed by atoms with Gasteiger partial charge in [0, 0.05) is 23.9 Å². The van der Waals surface area contributed by atoms with Crippen LogP contribution in [0.5, 0.6) is 11.5 Å². The lowest BCUT2D eigenvalue weighted by Crippen LogP contribution is -2.16. The van der Waals surface area contributed by atoms with Gasteiger partial charge < -0.3 is 19.9 Å². The Morgan fingerprint density at radius 2 is 1.79 bits per heavy atom. The molecule has 4 heteroatoms. The number of nitrogens with two attached hydrogens (primary N) is 1. The van der Waals surface area contributed by atoms with Crippen LogP contribution in [0.3, 0.4) is 0 Å². The maximum atomic E-state index is 6.02. The van der Waals surface area contributed by atoms with E-state index in [1.165, 1.54) is 25.7 Å². The van der Waals surface area contributed by atoms with Gasteiger partial charge >= 0.3 is 0 Å². The summed E-state index contributed by atoms with van der Waals surface area (Å²) >= 11 is 0. The molecule has 1 fully saturated rings. The van der Waals surface area contributed by atoms with Crippen LogP contribution in [-0.4, -0.2) is 19.8 Å². The predicted molar refractivity (Wildman–Crippen MR) is 73.5 cm³/mol. The Morgan fingerprint density at radius 3 is 2.53 bits per heavy atom. The van der Waals surface area contributed by atoms with Gasteiger partial charge in [0.1, 0.15) is 13.2 Å². The fourth-order valence-electron chi connectivity index (χ4n) is 2.78. The number of ether oxygens (including phenoxy) is 3. The molecule has 0 amide bonds. The van der Waals surface area contributed by atoms with Crippen LogP contribution in [0.1, 0.15) is 31.2 Å². The first-order valence-electron chi connectivity index (χ1n) is 7.08. The summed E-state index contributed by atoms with van der Waals surface area (Å²) in [7, 11) is 0. The van der Waals surface area contributed by atoms with Gasteiger partial charge in [0.05, 0.1) is 6.61 Å². The van der Waals surface area contributed by atoms with Crippen LogP contribution in [0.15, 0.2) is 12.1 Å². The van der Waals surface area contributed by atoms with Crippen molar-refractivity contribution in [3.63, 3.8) is 0 Å². The van der Waals surface area contributed by atoms with Crippen molar-refractivity contribution in [3.8, 4) is 11.5 Å². The third-order valence-electron chi connectivity index (χ3n) is 3.89. The highest BCUT2D eigenvalue weighted by Crippen LogP contribution is 2.35. The highest BCUT2D eigenvalue weighted by atomic mass is 16.6. The summed E-state index contributed by atoms with van der Waals surface area (Å²) in [6.07, 6.45) is 5.30. The lowest BCUT2D eigenvalue weighted by atomic mass is 10.1. The molecule has 1 aliphatic heterocycles. The van der Waals surface area contributed by atoms with E-state index in [1.807, 2.05) is 12.1 Å². The number of anilines is 1. The second kappa shape index (κ2) is 5.70. The molecule has 0 aromatic heterocycles. The lowest BCUT2D eigenvalue weighted by Gasteiger charge is -2.20. The van der Waals surface area contributed by atoms with Gasteiger partial charge in [-0.2, -0.15) is 0 Å². The third kappa shape index (κ3) is 2.95. The molecule has 1 aromatic carbocycles. The Morgan fingerprint density at radius 1 is 1.11 bits per heavy atom. The predicted octanol–water partition coefficient (Wildman–Crippen LogP) is 2.75. The molecule has 1 saturated carbocycles. The van der Waals surface area contributed by atoms with E-state index in [0.29, 0.717) is 19.8 Å². The minimum atomic E-state index is 0.555. The summed E-state index contributed by atoms with van der Waals surface area (Å²) in [6.45, 7) is 2.58. The quantitative estimate of drug-likeness (QED) is 0.849. The zero-order valence-electron chi connectivity index (χ0n) is 11.2. The van der Waals surface area contributed by atoms with E-state index in [0.717, 1.165) is 35.3 Å². The molecule has 2 N–H and O–H groups in total. The van der Waals surface area contributed by atoms with E-state index in [2.05, 4.69) is 0 Å². The van der Waals surface area contributed by atoms with Crippen LogP contribution >= 0.6 is 0 Å². The van der Waals surface area contributed by atoms with Gasteiger partial charge in [0.25, 0.3) is 0 Å². The molecule has 0 saturated heterocycles. The van der Waals surface area contributed by atoms with Gasteiger partial charge in [-0.25, -0.2) is 0 Å². The molecule has 3 rings (SSSR count). The minimum absolute atomic E-state index is 0.555. The van der Waals surface area contributed by atoms with Gasteiger partial charge in [-0.1, -0.05) is 12.8 Å². The van der Waals surface area contributed by atoms with Crippen molar-refractivity contribution >= 4 is 5.69 Å². The van der Waals surface area contributed by atoms with Gasteiger partial charge in [-0.05, 0) is 24.8 Å². The first kappa shape index (κ1) is 12.6. The molecule has 0 radical (unpaired) electrons. The highest BCUT2D eigenvalue weighted by Gasteiger charge is 2.17. The average molecular weight is 263 g/mol. The Hall–Kier alpha value is -1.42. The van der Waals surface area contributed by atoms with Gasteiger partial charge in [0.2, 0.25) is 0 Å². The number of benzene rings is 1. The van der Waals surface area contributed by atoms with Crippen LogP contribution in [0.2, 0.25) is 0 Å². The second-order valence-corrected chi connectivity index (χ2v) is 5.36. The maximum Gasteiger partial charge on any atom is 0.163 e. The van der Waals surface area contributed by atoms with E-state index in [4.69, 9.17) is 19.9 Å². The first-order chi connectivity index (χ1) is 9.33. The summed E-state index contributed by atoms with van der Waals surface area (Å²) in [5.41, 5.74) is 7.73. The SMILES string of the molecule is Nc1cc2c(cc1COCC1CCCC1)OCCO2. The molecule has 1 aromatic rings. The summed E-state index contributed by atoms with van der Waals surface area (Å²) in [5, 5.41) is 0. The lowest BCUT2D eigenvalue weighted by molar-refractivity contribution is 0.0887. The Bertz CT molecular complexity index is 441. The van der Waals surface area contributed by atoms with Crippen LogP contribution in [0.4, 0.5) is 5.69 Å². The van der Waals surface area contributed by atoms with Crippen molar-refractivity contribution in [1.29, 1.82) is 0 Å². The summed E-state index contributed by atoms with van der Waals surface area (Å²) in [5.74, 6) is 2.25. The highest BCUT2D eigenvalue weighted by molar-refractivity contribution is 5.58. The molecule has 1 aliphatic carbocycles. The Labute approximate surface area is 113 Å². The topological polar surface area (TPSA) is 53.7 Å². The summed E-state index contributed by atoms with van der Waals surface area (Å²) in [6, 6.07) is 3.78. The van der Waals surface area contributed by atoms with Gasteiger partial charge in [0.15, 0.2) is 11.5 Å². The smallest absolute Gasteiger partial charge is 0.163 e. The van der Waals surface area contributed by atoms with Crippen molar-refractivity contribution < 1.29 is 14.2 Å². The molecule has 104 valence electrons. The van der Waals surface area contributed by atoms with E-state index in [1.54, 1.807) is 0 Å². The Balaban J connectivity index is 1.60. The second-order valence-electron chi connectivity index (χ2n) is 5.36. The number of hydrogen-bond acceptors (Lipinski definition) is 4.